The van der Waals surface area contributed by atoms with E-state index in [1.807, 2.05) is 6.07 Å². The largest absolute Gasteiger partial charge is 0.396 e. The van der Waals surface area contributed by atoms with Gasteiger partial charge in [0.05, 0.1) is 0 Å². The molecule has 0 aliphatic heterocycles. The molecule has 5 heteroatoms. The molecule has 90 valence electrons. The Morgan fingerprint density at radius 2 is 2.19 bits per heavy atom. The molecule has 0 radical (unpaired) electrons. The average molecular weight is 288 g/mol. The van der Waals surface area contributed by atoms with Crippen LogP contribution in [0.3, 0.4) is 0 Å². The lowest BCUT2D eigenvalue weighted by molar-refractivity contribution is 0.286. The Kier molecular flexibility index (Phi) is 6.33. The molecule has 0 aliphatic carbocycles. The van der Waals surface area contributed by atoms with Crippen LogP contribution in [0.1, 0.15) is 32.0 Å². The van der Waals surface area contributed by atoms with Crippen molar-refractivity contribution >= 4 is 21.7 Å². The normalized spacial score (nSPS) is 10.4. The first-order chi connectivity index (χ1) is 7.76. The van der Waals surface area contributed by atoms with Crippen molar-refractivity contribution in [3.05, 3.63) is 16.5 Å². The van der Waals surface area contributed by atoms with E-state index in [1.165, 1.54) is 0 Å². The standard InChI is InChI=1S/C11H18BrN3O/c1-2-5-10-14-9(12)8-11(15-10)13-6-3-4-7-16/h8,16H,2-7H2,1H3,(H,13,14,15). The van der Waals surface area contributed by atoms with Gasteiger partial charge in [-0.1, -0.05) is 6.92 Å². The van der Waals surface area contributed by atoms with Gasteiger partial charge < -0.3 is 10.4 Å². The van der Waals surface area contributed by atoms with Gasteiger partial charge in [-0.25, -0.2) is 9.97 Å². The topological polar surface area (TPSA) is 58.0 Å². The lowest BCUT2D eigenvalue weighted by atomic mass is 10.3. The fourth-order valence-electron chi connectivity index (χ4n) is 1.34. The summed E-state index contributed by atoms with van der Waals surface area (Å²) >= 11 is 3.37. The van der Waals surface area contributed by atoms with Crippen molar-refractivity contribution in [3.63, 3.8) is 0 Å². The van der Waals surface area contributed by atoms with E-state index in [0.717, 1.165) is 48.5 Å². The Morgan fingerprint density at radius 1 is 1.38 bits per heavy atom. The minimum Gasteiger partial charge on any atom is -0.396 e. The number of anilines is 1. The minimum atomic E-state index is 0.246. The maximum Gasteiger partial charge on any atom is 0.132 e. The van der Waals surface area contributed by atoms with Gasteiger partial charge in [-0.15, -0.1) is 0 Å². The summed E-state index contributed by atoms with van der Waals surface area (Å²) in [6, 6.07) is 1.87. The Balaban J connectivity index is 2.51. The lowest BCUT2D eigenvalue weighted by Gasteiger charge is -2.07. The Hall–Kier alpha value is -0.680. The summed E-state index contributed by atoms with van der Waals surface area (Å²) in [4.78, 5) is 8.70. The van der Waals surface area contributed by atoms with Crippen molar-refractivity contribution in [1.82, 2.24) is 9.97 Å². The van der Waals surface area contributed by atoms with E-state index in [4.69, 9.17) is 5.11 Å². The number of rotatable bonds is 7. The van der Waals surface area contributed by atoms with Crippen molar-refractivity contribution < 1.29 is 5.11 Å². The molecule has 1 rings (SSSR count). The molecule has 0 amide bonds. The van der Waals surface area contributed by atoms with Gasteiger partial charge in [0.1, 0.15) is 16.2 Å². The summed E-state index contributed by atoms with van der Waals surface area (Å²) in [6.45, 7) is 3.18. The van der Waals surface area contributed by atoms with Crippen molar-refractivity contribution in [1.29, 1.82) is 0 Å². The van der Waals surface area contributed by atoms with Gasteiger partial charge in [-0.2, -0.15) is 0 Å². The number of halogens is 1. The van der Waals surface area contributed by atoms with Crippen LogP contribution in [0.15, 0.2) is 10.7 Å². The average Bonchev–Trinajstić information content (AvgIpc) is 2.24. The zero-order chi connectivity index (χ0) is 11.8. The summed E-state index contributed by atoms with van der Waals surface area (Å²) in [7, 11) is 0. The zero-order valence-corrected chi connectivity index (χ0v) is 11.1. The summed E-state index contributed by atoms with van der Waals surface area (Å²) in [5.41, 5.74) is 0. The molecule has 0 fully saturated rings. The molecule has 0 saturated heterocycles. The van der Waals surface area contributed by atoms with Crippen LogP contribution >= 0.6 is 15.9 Å². The number of nitrogens with one attached hydrogen (secondary N) is 1. The van der Waals surface area contributed by atoms with Gasteiger partial charge in [0.25, 0.3) is 0 Å². The number of hydrogen-bond acceptors (Lipinski definition) is 4. The molecule has 16 heavy (non-hydrogen) atoms. The van der Waals surface area contributed by atoms with Crippen molar-refractivity contribution in [2.24, 2.45) is 0 Å². The summed E-state index contributed by atoms with van der Waals surface area (Å²) in [5.74, 6) is 1.71. The fraction of sp³-hybridized carbons (Fsp3) is 0.636. The third-order valence-corrected chi connectivity index (χ3v) is 2.51. The maximum absolute atomic E-state index is 8.66. The first-order valence-corrected chi connectivity index (χ1v) is 6.43. The highest BCUT2D eigenvalue weighted by molar-refractivity contribution is 9.10. The lowest BCUT2D eigenvalue weighted by Crippen LogP contribution is -2.06. The van der Waals surface area contributed by atoms with E-state index in [1.54, 1.807) is 0 Å². The Morgan fingerprint density at radius 3 is 2.88 bits per heavy atom. The van der Waals surface area contributed by atoms with Gasteiger partial charge in [-0.3, -0.25) is 0 Å². The minimum absolute atomic E-state index is 0.246. The molecular weight excluding hydrogens is 270 g/mol. The highest BCUT2D eigenvalue weighted by Crippen LogP contribution is 2.13. The summed E-state index contributed by atoms with van der Waals surface area (Å²) in [6.07, 6.45) is 3.70. The third-order valence-electron chi connectivity index (χ3n) is 2.11. The smallest absolute Gasteiger partial charge is 0.132 e. The van der Waals surface area contributed by atoms with Gasteiger partial charge in [-0.05, 0) is 35.2 Å². The van der Waals surface area contributed by atoms with Crippen LogP contribution in [0.2, 0.25) is 0 Å². The molecule has 0 atom stereocenters. The van der Waals surface area contributed by atoms with E-state index in [0.29, 0.717) is 0 Å². The maximum atomic E-state index is 8.66. The van der Waals surface area contributed by atoms with E-state index >= 15 is 0 Å². The number of unbranched alkanes of at least 4 members (excludes halogenated alkanes) is 1. The van der Waals surface area contributed by atoms with E-state index in [9.17, 15) is 0 Å². The van der Waals surface area contributed by atoms with Crippen LogP contribution in [0.4, 0.5) is 5.82 Å². The van der Waals surface area contributed by atoms with Crippen molar-refractivity contribution in [2.75, 3.05) is 18.5 Å². The van der Waals surface area contributed by atoms with Crippen LogP contribution in [0.25, 0.3) is 0 Å². The van der Waals surface area contributed by atoms with Crippen LogP contribution in [0.5, 0.6) is 0 Å². The number of aromatic nitrogens is 2. The first kappa shape index (κ1) is 13.4. The molecule has 1 aromatic rings. The van der Waals surface area contributed by atoms with Gasteiger partial charge in [0.2, 0.25) is 0 Å². The second kappa shape index (κ2) is 7.57. The highest BCUT2D eigenvalue weighted by atomic mass is 79.9. The highest BCUT2D eigenvalue weighted by Gasteiger charge is 2.01. The summed E-state index contributed by atoms with van der Waals surface area (Å²) < 4.78 is 0.815. The van der Waals surface area contributed by atoms with E-state index < -0.39 is 0 Å². The van der Waals surface area contributed by atoms with Crippen LogP contribution in [0, 0.1) is 0 Å². The molecule has 0 aromatic carbocycles. The zero-order valence-electron chi connectivity index (χ0n) is 9.54. The van der Waals surface area contributed by atoms with Gasteiger partial charge in [0, 0.05) is 25.6 Å². The number of aliphatic hydroxyl groups excluding tert-OH is 1. The van der Waals surface area contributed by atoms with Crippen LogP contribution < -0.4 is 5.32 Å². The predicted molar refractivity (Wildman–Crippen MR) is 68.5 cm³/mol. The van der Waals surface area contributed by atoms with E-state index in [2.05, 4.69) is 38.1 Å². The molecular formula is C11H18BrN3O. The molecule has 2 N–H and O–H groups in total. The molecule has 0 spiro atoms. The molecule has 0 bridgehead atoms. The monoisotopic (exact) mass is 287 g/mol. The molecule has 1 heterocycles. The number of hydrogen-bond donors (Lipinski definition) is 2. The molecule has 0 unspecified atom stereocenters. The van der Waals surface area contributed by atoms with E-state index in [-0.39, 0.29) is 6.61 Å². The number of aryl methyl sites for hydroxylation is 1. The molecule has 4 nitrogen and oxygen atoms in total. The molecule has 1 aromatic heterocycles. The van der Waals surface area contributed by atoms with Gasteiger partial charge in [0.15, 0.2) is 0 Å². The van der Waals surface area contributed by atoms with Crippen molar-refractivity contribution in [2.45, 2.75) is 32.6 Å². The summed E-state index contributed by atoms with van der Waals surface area (Å²) in [5, 5.41) is 11.9. The third kappa shape index (κ3) is 4.90. The molecule has 0 aliphatic rings. The quantitative estimate of drug-likeness (QED) is 0.597. The molecule has 0 saturated carbocycles. The second-order valence-electron chi connectivity index (χ2n) is 3.60. The number of nitrogens with zero attached hydrogens (tertiary/aromatic N) is 2. The van der Waals surface area contributed by atoms with Crippen LogP contribution in [-0.2, 0) is 6.42 Å². The van der Waals surface area contributed by atoms with Crippen molar-refractivity contribution in [3.8, 4) is 0 Å². The fourth-order valence-corrected chi connectivity index (χ4v) is 1.77. The SMILES string of the molecule is CCCc1nc(Br)cc(NCCCCO)n1. The second-order valence-corrected chi connectivity index (χ2v) is 4.41. The van der Waals surface area contributed by atoms with Gasteiger partial charge >= 0.3 is 0 Å². The Labute approximate surface area is 105 Å². The number of aliphatic hydroxyl groups is 1. The first-order valence-electron chi connectivity index (χ1n) is 5.64. The Bertz CT molecular complexity index is 320. The predicted octanol–water partition coefficient (Wildman–Crippen LogP) is 2.38. The van der Waals surface area contributed by atoms with Crippen LogP contribution in [-0.4, -0.2) is 28.2 Å².